The maximum Gasteiger partial charge on any atom is 0.356 e. The standard InChI is InChI=1S/C35H37N3O4S/c1-7-27(31(39)37-32-26(19-36)23-17-16-22(35(3,4)5)18-28(23)43-32)42-34(41)30-29(21-14-12-20(2)13-15-21)24-10-8-9-11-25(24)33(40)38(30)6/h8-15,22,27H,7,16-18H2,1-6H3,(H,37,39). The summed E-state index contributed by atoms with van der Waals surface area (Å²) in [4.78, 5) is 41.8. The second-order valence-corrected chi connectivity index (χ2v) is 13.5. The summed E-state index contributed by atoms with van der Waals surface area (Å²) in [6.45, 7) is 10.4. The number of carbonyl (C=O) groups excluding carboxylic acids is 2. The van der Waals surface area contributed by atoms with Crippen molar-refractivity contribution in [3.8, 4) is 17.2 Å². The number of thiophene rings is 1. The first-order chi connectivity index (χ1) is 20.4. The molecule has 8 heteroatoms. The van der Waals surface area contributed by atoms with E-state index in [9.17, 15) is 19.6 Å². The van der Waals surface area contributed by atoms with Crippen molar-refractivity contribution in [1.82, 2.24) is 4.57 Å². The molecule has 2 unspecified atom stereocenters. The molecule has 0 saturated carbocycles. The fourth-order valence-corrected chi connectivity index (χ4v) is 7.23. The summed E-state index contributed by atoms with van der Waals surface area (Å²) in [6, 6.07) is 17.2. The van der Waals surface area contributed by atoms with Gasteiger partial charge in [0.15, 0.2) is 6.10 Å². The van der Waals surface area contributed by atoms with E-state index in [1.165, 1.54) is 15.9 Å². The number of ether oxygens (including phenoxy) is 1. The Hall–Kier alpha value is -4.22. The Labute approximate surface area is 256 Å². The minimum atomic E-state index is -1.12. The van der Waals surface area contributed by atoms with Gasteiger partial charge in [0.2, 0.25) is 0 Å². The van der Waals surface area contributed by atoms with E-state index in [1.807, 2.05) is 43.3 Å². The van der Waals surface area contributed by atoms with Gasteiger partial charge >= 0.3 is 5.97 Å². The van der Waals surface area contributed by atoms with Crippen molar-refractivity contribution in [3.63, 3.8) is 0 Å². The van der Waals surface area contributed by atoms with Gasteiger partial charge in [-0.05, 0) is 66.5 Å². The van der Waals surface area contributed by atoms with E-state index in [-0.39, 0.29) is 23.1 Å². The summed E-state index contributed by atoms with van der Waals surface area (Å²) in [5.74, 6) is -0.766. The quantitative estimate of drug-likeness (QED) is 0.238. The van der Waals surface area contributed by atoms with Crippen molar-refractivity contribution >= 4 is 39.0 Å². The third kappa shape index (κ3) is 5.74. The Bertz CT molecular complexity index is 1820. The number of nitrogens with one attached hydrogen (secondary N) is 1. The van der Waals surface area contributed by atoms with Gasteiger partial charge in [0.05, 0.1) is 5.56 Å². The molecule has 7 nitrogen and oxygen atoms in total. The highest BCUT2D eigenvalue weighted by Gasteiger charge is 2.34. The van der Waals surface area contributed by atoms with Crippen LogP contribution >= 0.6 is 11.3 Å². The number of esters is 1. The lowest BCUT2D eigenvalue weighted by Gasteiger charge is -2.33. The van der Waals surface area contributed by atoms with Gasteiger partial charge < -0.3 is 14.6 Å². The molecule has 1 amide bonds. The maximum absolute atomic E-state index is 13.8. The van der Waals surface area contributed by atoms with E-state index in [0.29, 0.717) is 32.8 Å². The van der Waals surface area contributed by atoms with Crippen LogP contribution in [0, 0.1) is 29.6 Å². The fraction of sp³-hybridized carbons (Fsp3) is 0.371. The highest BCUT2D eigenvalue weighted by Crippen LogP contribution is 2.44. The molecule has 222 valence electrons. The molecule has 1 aliphatic rings. The smallest absolute Gasteiger partial charge is 0.356 e. The molecule has 43 heavy (non-hydrogen) atoms. The van der Waals surface area contributed by atoms with Gasteiger partial charge in [-0.2, -0.15) is 5.26 Å². The van der Waals surface area contributed by atoms with Crippen LogP contribution in [0.1, 0.15) is 72.6 Å². The normalized spacial score (nSPS) is 15.4. The highest BCUT2D eigenvalue weighted by atomic mass is 32.1. The Balaban J connectivity index is 1.47. The van der Waals surface area contributed by atoms with Gasteiger partial charge in [0, 0.05) is 22.9 Å². The van der Waals surface area contributed by atoms with Crippen LogP contribution in [-0.4, -0.2) is 22.5 Å². The van der Waals surface area contributed by atoms with Gasteiger partial charge in [-0.25, -0.2) is 4.79 Å². The van der Waals surface area contributed by atoms with Gasteiger partial charge in [-0.1, -0.05) is 75.7 Å². The molecule has 0 spiro atoms. The van der Waals surface area contributed by atoms with Crippen LogP contribution in [-0.2, 0) is 29.4 Å². The van der Waals surface area contributed by atoms with Gasteiger partial charge in [0.25, 0.3) is 11.5 Å². The number of nitrogens with zero attached hydrogens (tertiary/aromatic N) is 2. The number of aryl methyl sites for hydroxylation is 1. The van der Waals surface area contributed by atoms with Crippen molar-refractivity contribution < 1.29 is 14.3 Å². The van der Waals surface area contributed by atoms with Gasteiger partial charge in [0.1, 0.15) is 16.8 Å². The van der Waals surface area contributed by atoms with Gasteiger partial charge in [-0.15, -0.1) is 11.3 Å². The topological polar surface area (TPSA) is 101 Å². The number of hydrogen-bond acceptors (Lipinski definition) is 6. The van der Waals surface area contributed by atoms with E-state index in [4.69, 9.17) is 4.74 Å². The lowest BCUT2D eigenvalue weighted by molar-refractivity contribution is -0.124. The maximum atomic E-state index is 13.8. The molecule has 1 N–H and O–H groups in total. The predicted octanol–water partition coefficient (Wildman–Crippen LogP) is 7.17. The molecule has 0 bridgehead atoms. The molecule has 5 rings (SSSR count). The zero-order valence-electron chi connectivity index (χ0n) is 25.5. The summed E-state index contributed by atoms with van der Waals surface area (Å²) in [7, 11) is 1.55. The monoisotopic (exact) mass is 595 g/mol. The minimum Gasteiger partial charge on any atom is -0.448 e. The third-order valence-electron chi connectivity index (χ3n) is 8.59. The number of aromatic nitrogens is 1. The van der Waals surface area contributed by atoms with Gasteiger partial charge in [-0.3, -0.25) is 9.59 Å². The van der Waals surface area contributed by atoms with Crippen molar-refractivity contribution in [2.45, 2.75) is 66.4 Å². The van der Waals surface area contributed by atoms with E-state index < -0.39 is 18.0 Å². The minimum absolute atomic E-state index is 0.0799. The van der Waals surface area contributed by atoms with Crippen molar-refractivity contribution in [3.05, 3.63) is 86.1 Å². The fourth-order valence-electron chi connectivity index (χ4n) is 5.95. The summed E-state index contributed by atoms with van der Waals surface area (Å²) < 4.78 is 7.14. The number of fused-ring (bicyclic) bond motifs is 2. The van der Waals surface area contributed by atoms with E-state index in [0.717, 1.165) is 40.8 Å². The number of benzene rings is 2. The zero-order valence-corrected chi connectivity index (χ0v) is 26.4. The first-order valence-corrected chi connectivity index (χ1v) is 15.5. The molecule has 2 aromatic heterocycles. The molecule has 0 fully saturated rings. The molecular weight excluding hydrogens is 558 g/mol. The van der Waals surface area contributed by atoms with E-state index in [1.54, 1.807) is 26.1 Å². The molecule has 1 aliphatic carbocycles. The third-order valence-corrected chi connectivity index (χ3v) is 9.76. The SMILES string of the molecule is CCC(OC(=O)c1c(-c2ccc(C)cc2)c2ccccc2c(=O)n1C)C(=O)Nc1sc2c(c1C#N)CCC(C(C)(C)C)C2. The number of anilines is 1. The molecule has 0 radical (unpaired) electrons. The van der Waals surface area contributed by atoms with E-state index >= 15 is 0 Å². The predicted molar refractivity (Wildman–Crippen MR) is 171 cm³/mol. The molecule has 2 atom stereocenters. The Morgan fingerprint density at radius 3 is 2.44 bits per heavy atom. The Morgan fingerprint density at radius 1 is 1.14 bits per heavy atom. The van der Waals surface area contributed by atoms with Crippen LogP contribution in [0.5, 0.6) is 0 Å². The Morgan fingerprint density at radius 2 is 1.81 bits per heavy atom. The average molecular weight is 596 g/mol. The van der Waals surface area contributed by atoms with Crippen LogP contribution in [0.4, 0.5) is 5.00 Å². The van der Waals surface area contributed by atoms with Crippen LogP contribution in [0.15, 0.2) is 53.3 Å². The molecule has 0 aliphatic heterocycles. The number of pyridine rings is 1. The number of carbonyl (C=O) groups is 2. The second kappa shape index (κ2) is 11.8. The molecule has 0 saturated heterocycles. The number of rotatable bonds is 6. The molecular formula is C35H37N3O4S. The number of nitriles is 1. The average Bonchev–Trinajstić information content (AvgIpc) is 3.33. The number of hydrogen-bond donors (Lipinski definition) is 1. The van der Waals surface area contributed by atoms with Crippen molar-refractivity contribution in [1.29, 1.82) is 5.26 Å². The van der Waals surface area contributed by atoms with Crippen LogP contribution < -0.4 is 10.9 Å². The highest BCUT2D eigenvalue weighted by molar-refractivity contribution is 7.16. The summed E-state index contributed by atoms with van der Waals surface area (Å²) in [6.07, 6.45) is 1.78. The second-order valence-electron chi connectivity index (χ2n) is 12.4. The first-order valence-electron chi connectivity index (χ1n) is 14.7. The van der Waals surface area contributed by atoms with E-state index in [2.05, 4.69) is 32.2 Å². The van der Waals surface area contributed by atoms with Crippen LogP contribution in [0.2, 0.25) is 0 Å². The summed E-state index contributed by atoms with van der Waals surface area (Å²) in [5, 5.41) is 14.5. The van der Waals surface area contributed by atoms with Crippen molar-refractivity contribution in [2.75, 3.05) is 5.32 Å². The lowest BCUT2D eigenvalue weighted by Crippen LogP contribution is -2.34. The molecule has 2 aromatic carbocycles. The first kappa shape index (κ1) is 30.2. The Kier molecular flexibility index (Phi) is 8.31. The van der Waals surface area contributed by atoms with Crippen LogP contribution in [0.3, 0.4) is 0 Å². The number of amides is 1. The largest absolute Gasteiger partial charge is 0.448 e. The summed E-state index contributed by atoms with van der Waals surface area (Å²) in [5.41, 5.74) is 3.82. The van der Waals surface area contributed by atoms with Crippen LogP contribution in [0.25, 0.3) is 21.9 Å². The summed E-state index contributed by atoms with van der Waals surface area (Å²) >= 11 is 1.44. The van der Waals surface area contributed by atoms with Crippen molar-refractivity contribution in [2.24, 2.45) is 18.4 Å². The lowest BCUT2D eigenvalue weighted by atomic mass is 9.72. The molecule has 2 heterocycles. The molecule has 4 aromatic rings. The zero-order chi connectivity index (χ0) is 31.1.